The Morgan fingerprint density at radius 2 is 1.84 bits per heavy atom. The van der Waals surface area contributed by atoms with Gasteiger partial charge in [-0.25, -0.2) is 4.79 Å². The van der Waals surface area contributed by atoms with Gasteiger partial charge >= 0.3 is 12.3 Å². The third-order valence-corrected chi connectivity index (χ3v) is 5.49. The van der Waals surface area contributed by atoms with Gasteiger partial charge in [-0.1, -0.05) is 22.0 Å². The summed E-state index contributed by atoms with van der Waals surface area (Å²) >= 11 is 3.41. The van der Waals surface area contributed by atoms with E-state index in [9.17, 15) is 22.8 Å². The molecule has 0 saturated carbocycles. The Bertz CT molecular complexity index is 1050. The van der Waals surface area contributed by atoms with Gasteiger partial charge in [0, 0.05) is 29.0 Å². The number of amides is 2. The topological polar surface area (TPSA) is 58.6 Å². The van der Waals surface area contributed by atoms with Gasteiger partial charge in [0.25, 0.3) is 0 Å². The highest BCUT2D eigenvalue weighted by Gasteiger charge is 2.36. The molecule has 0 spiro atoms. The van der Waals surface area contributed by atoms with Crippen molar-refractivity contribution in [3.8, 4) is 0 Å². The van der Waals surface area contributed by atoms with Crippen LogP contribution in [0.25, 0.3) is 0 Å². The quantitative estimate of drug-likeness (QED) is 0.501. The van der Waals surface area contributed by atoms with Crippen molar-refractivity contribution in [3.05, 3.63) is 57.6 Å². The van der Waals surface area contributed by atoms with Gasteiger partial charge in [-0.2, -0.15) is 13.2 Å². The number of hydrogen-bond donors (Lipinski definition) is 1. The molecule has 0 saturated heterocycles. The fourth-order valence-electron chi connectivity index (χ4n) is 3.62. The molecular formula is C23H24BrF3N2O3. The highest BCUT2D eigenvalue weighted by molar-refractivity contribution is 9.10. The van der Waals surface area contributed by atoms with E-state index in [-0.39, 0.29) is 30.1 Å². The molecule has 2 aromatic rings. The number of carbonyl (C=O) groups is 2. The molecule has 1 unspecified atom stereocenters. The first-order chi connectivity index (χ1) is 14.7. The summed E-state index contributed by atoms with van der Waals surface area (Å²) in [6, 6.07) is 9.10. The van der Waals surface area contributed by atoms with Gasteiger partial charge in [0.05, 0.1) is 11.3 Å². The number of rotatable bonds is 3. The van der Waals surface area contributed by atoms with E-state index in [0.717, 1.165) is 16.1 Å². The molecule has 1 aliphatic rings. The van der Waals surface area contributed by atoms with Gasteiger partial charge in [-0.05, 0) is 69.2 Å². The highest BCUT2D eigenvalue weighted by atomic mass is 79.9. The molecule has 0 aromatic heterocycles. The largest absolute Gasteiger partial charge is 0.443 e. The minimum Gasteiger partial charge on any atom is -0.443 e. The SMILES string of the molecule is Cc1ccc(NC(=O)CC2CN(C(=O)OC(C)(C)C)c3ccc(Br)cc32)cc1C(F)(F)F. The molecule has 1 aliphatic heterocycles. The van der Waals surface area contributed by atoms with Crippen molar-refractivity contribution in [2.45, 2.75) is 51.8 Å². The average Bonchev–Trinajstić information content (AvgIpc) is 2.98. The van der Waals surface area contributed by atoms with Crippen LogP contribution in [0.1, 0.15) is 49.8 Å². The standard InChI is InChI=1S/C23H24BrF3N2O3/c1-13-5-7-16(11-18(13)23(25,26)27)28-20(30)9-14-12-29(21(31)32-22(2,3)4)19-8-6-15(24)10-17(14)19/h5-8,10-11,14H,9,12H2,1-4H3,(H,28,30). The summed E-state index contributed by atoms with van der Waals surface area (Å²) < 4.78 is 45.8. The lowest BCUT2D eigenvalue weighted by Crippen LogP contribution is -2.36. The Morgan fingerprint density at radius 1 is 1.16 bits per heavy atom. The molecule has 0 aliphatic carbocycles. The summed E-state index contributed by atoms with van der Waals surface area (Å²) in [4.78, 5) is 26.8. The molecule has 0 fully saturated rings. The van der Waals surface area contributed by atoms with Crippen LogP contribution in [-0.4, -0.2) is 24.1 Å². The molecule has 1 atom stereocenters. The lowest BCUT2D eigenvalue weighted by Gasteiger charge is -2.25. The van der Waals surface area contributed by atoms with E-state index < -0.39 is 29.3 Å². The van der Waals surface area contributed by atoms with Gasteiger partial charge in [0.15, 0.2) is 0 Å². The number of alkyl halides is 3. The van der Waals surface area contributed by atoms with Gasteiger partial charge in [0.1, 0.15) is 5.60 Å². The molecule has 32 heavy (non-hydrogen) atoms. The lowest BCUT2D eigenvalue weighted by molar-refractivity contribution is -0.138. The molecule has 5 nitrogen and oxygen atoms in total. The fourth-order valence-corrected chi connectivity index (χ4v) is 4.00. The molecule has 9 heteroatoms. The second kappa shape index (κ2) is 8.77. The Morgan fingerprint density at radius 3 is 2.47 bits per heavy atom. The van der Waals surface area contributed by atoms with Crippen LogP contribution in [0.2, 0.25) is 0 Å². The van der Waals surface area contributed by atoms with Crippen molar-refractivity contribution < 1.29 is 27.5 Å². The number of anilines is 2. The molecule has 0 radical (unpaired) electrons. The third kappa shape index (κ3) is 5.62. The summed E-state index contributed by atoms with van der Waals surface area (Å²) in [5.74, 6) is -0.772. The molecule has 3 rings (SSSR count). The van der Waals surface area contributed by atoms with Gasteiger partial charge in [-0.3, -0.25) is 9.69 Å². The van der Waals surface area contributed by atoms with Gasteiger partial charge < -0.3 is 10.1 Å². The first-order valence-corrected chi connectivity index (χ1v) is 10.8. The maximum Gasteiger partial charge on any atom is 0.416 e. The summed E-state index contributed by atoms with van der Waals surface area (Å²) in [5.41, 5.74) is 0.128. The smallest absolute Gasteiger partial charge is 0.416 e. The molecule has 1 heterocycles. The van der Waals surface area contributed by atoms with Crippen molar-refractivity contribution >= 4 is 39.3 Å². The average molecular weight is 513 g/mol. The van der Waals surface area contributed by atoms with E-state index in [2.05, 4.69) is 21.2 Å². The van der Waals surface area contributed by atoms with Crippen LogP contribution in [0.3, 0.4) is 0 Å². The predicted molar refractivity (Wildman–Crippen MR) is 120 cm³/mol. The minimum atomic E-state index is -4.50. The Balaban J connectivity index is 1.78. The zero-order chi connectivity index (χ0) is 23.8. The summed E-state index contributed by atoms with van der Waals surface area (Å²) in [7, 11) is 0. The van der Waals surface area contributed by atoms with Crippen LogP contribution >= 0.6 is 15.9 Å². The van der Waals surface area contributed by atoms with Crippen LogP contribution in [0.4, 0.5) is 29.3 Å². The van der Waals surface area contributed by atoms with Crippen molar-refractivity contribution in [2.24, 2.45) is 0 Å². The highest BCUT2D eigenvalue weighted by Crippen LogP contribution is 2.41. The first kappa shape index (κ1) is 24.1. The Kier molecular flexibility index (Phi) is 6.60. The van der Waals surface area contributed by atoms with E-state index in [4.69, 9.17) is 4.74 Å². The molecule has 2 amide bonds. The maximum atomic E-state index is 13.2. The normalized spacial score (nSPS) is 16.0. The summed E-state index contributed by atoms with van der Waals surface area (Å²) in [5, 5.41) is 2.55. The second-order valence-corrected chi connectivity index (χ2v) is 9.69. The van der Waals surface area contributed by atoms with Crippen molar-refractivity contribution in [1.82, 2.24) is 0 Å². The first-order valence-electron chi connectivity index (χ1n) is 10.0. The van der Waals surface area contributed by atoms with E-state index in [1.165, 1.54) is 24.0 Å². The number of hydrogen-bond acceptors (Lipinski definition) is 3. The summed E-state index contributed by atoms with van der Waals surface area (Å²) in [6.45, 7) is 6.91. The van der Waals surface area contributed by atoms with Crippen molar-refractivity contribution in [3.63, 3.8) is 0 Å². The zero-order valence-corrected chi connectivity index (χ0v) is 19.7. The molecular weight excluding hydrogens is 489 g/mol. The van der Waals surface area contributed by atoms with Crippen LogP contribution in [0.15, 0.2) is 40.9 Å². The van der Waals surface area contributed by atoms with E-state index >= 15 is 0 Å². The molecule has 172 valence electrons. The maximum absolute atomic E-state index is 13.2. The monoisotopic (exact) mass is 512 g/mol. The van der Waals surface area contributed by atoms with E-state index in [0.29, 0.717) is 5.69 Å². The predicted octanol–water partition coefficient (Wildman–Crippen LogP) is 6.64. The number of nitrogens with one attached hydrogen (secondary N) is 1. The van der Waals surface area contributed by atoms with Crippen LogP contribution in [-0.2, 0) is 15.7 Å². The van der Waals surface area contributed by atoms with Gasteiger partial charge in [-0.15, -0.1) is 0 Å². The third-order valence-electron chi connectivity index (χ3n) is 5.00. The van der Waals surface area contributed by atoms with Crippen molar-refractivity contribution in [1.29, 1.82) is 0 Å². The molecule has 1 N–H and O–H groups in total. The number of benzene rings is 2. The van der Waals surface area contributed by atoms with E-state index in [1.807, 2.05) is 6.07 Å². The Labute approximate surface area is 193 Å². The van der Waals surface area contributed by atoms with E-state index in [1.54, 1.807) is 32.9 Å². The number of fused-ring (bicyclic) bond motifs is 1. The van der Waals surface area contributed by atoms with Gasteiger partial charge in [0.2, 0.25) is 5.91 Å². The summed E-state index contributed by atoms with van der Waals surface area (Å²) in [6.07, 6.45) is -5.02. The molecule has 2 aromatic carbocycles. The number of aryl methyl sites for hydroxylation is 1. The number of nitrogens with zero attached hydrogens (tertiary/aromatic N) is 1. The molecule has 0 bridgehead atoms. The second-order valence-electron chi connectivity index (χ2n) is 8.77. The van der Waals surface area contributed by atoms with Crippen molar-refractivity contribution in [2.75, 3.05) is 16.8 Å². The number of ether oxygens (including phenoxy) is 1. The number of carbonyl (C=O) groups excluding carboxylic acids is 2. The van der Waals surface area contributed by atoms with Crippen LogP contribution in [0, 0.1) is 6.92 Å². The minimum absolute atomic E-state index is 0.00201. The lowest BCUT2D eigenvalue weighted by atomic mass is 9.97. The van der Waals surface area contributed by atoms with Crippen LogP contribution < -0.4 is 10.2 Å². The fraction of sp³-hybridized carbons (Fsp3) is 0.391. The number of halogens is 4. The van der Waals surface area contributed by atoms with Crippen LogP contribution in [0.5, 0.6) is 0 Å². The Hall–Kier alpha value is -2.55. The zero-order valence-electron chi connectivity index (χ0n) is 18.1.